The van der Waals surface area contributed by atoms with Gasteiger partial charge in [-0.15, -0.1) is 16.4 Å². The number of likely N-dealkylation sites (tertiary alicyclic amines) is 1. The maximum absolute atomic E-state index is 13.1. The summed E-state index contributed by atoms with van der Waals surface area (Å²) in [7, 11) is 3.29. The molecular formula is C20H22N4O3S. The molecular weight excluding hydrogens is 376 g/mol. The largest absolute Gasteiger partial charge is 0.496 e. The number of rotatable bonds is 4. The second-order valence-corrected chi connectivity index (χ2v) is 7.99. The number of ether oxygens (including phenoxy) is 2. The molecule has 1 aliphatic heterocycles. The van der Waals surface area contributed by atoms with Crippen LogP contribution in [0.5, 0.6) is 5.75 Å². The minimum absolute atomic E-state index is 0.111. The number of para-hydroxylation sites is 1. The van der Waals surface area contributed by atoms with Crippen LogP contribution >= 0.6 is 11.3 Å². The number of nitrogens with two attached hydrogens (primary N) is 1. The molecule has 0 spiro atoms. The lowest BCUT2D eigenvalue weighted by Crippen LogP contribution is -2.62. The van der Waals surface area contributed by atoms with E-state index in [0.717, 1.165) is 28.0 Å². The molecule has 28 heavy (non-hydrogen) atoms. The van der Waals surface area contributed by atoms with Gasteiger partial charge in [-0.05, 0) is 25.5 Å². The zero-order valence-electron chi connectivity index (χ0n) is 16.3. The van der Waals surface area contributed by atoms with Crippen molar-refractivity contribution < 1.29 is 14.3 Å². The first kappa shape index (κ1) is 18.6. The van der Waals surface area contributed by atoms with Crippen molar-refractivity contribution >= 4 is 33.1 Å². The van der Waals surface area contributed by atoms with Crippen LogP contribution < -0.4 is 10.5 Å². The SMILES string of the molecule is COc1ccccc1C1(OC)CN(C(=O)c2sc3nnc(C)c(C)c3c2N)C1. The number of nitrogen functional groups attached to an aromatic ring is 1. The molecule has 4 rings (SSSR count). The summed E-state index contributed by atoms with van der Waals surface area (Å²) in [5, 5.41) is 9.16. The Morgan fingerprint density at radius 1 is 1.21 bits per heavy atom. The van der Waals surface area contributed by atoms with Crippen molar-refractivity contribution in [3.63, 3.8) is 0 Å². The molecule has 7 nitrogen and oxygen atoms in total. The normalized spacial score (nSPS) is 15.5. The van der Waals surface area contributed by atoms with E-state index in [9.17, 15) is 4.79 Å². The third-order valence-electron chi connectivity index (χ3n) is 5.50. The summed E-state index contributed by atoms with van der Waals surface area (Å²) in [6.45, 7) is 4.70. The fraction of sp³-hybridized carbons (Fsp3) is 0.350. The fourth-order valence-electron chi connectivity index (χ4n) is 3.69. The molecule has 3 heterocycles. The van der Waals surface area contributed by atoms with Crippen LogP contribution in [-0.4, -0.2) is 48.3 Å². The van der Waals surface area contributed by atoms with E-state index < -0.39 is 5.60 Å². The Morgan fingerprint density at radius 2 is 1.93 bits per heavy atom. The maximum atomic E-state index is 13.1. The summed E-state index contributed by atoms with van der Waals surface area (Å²) >= 11 is 1.29. The van der Waals surface area contributed by atoms with Gasteiger partial charge in [0.2, 0.25) is 0 Å². The Morgan fingerprint density at radius 3 is 2.61 bits per heavy atom. The Labute approximate surface area is 167 Å². The molecule has 0 unspecified atom stereocenters. The van der Waals surface area contributed by atoms with Crippen LogP contribution in [0.25, 0.3) is 10.2 Å². The lowest BCUT2D eigenvalue weighted by molar-refractivity contribution is -0.115. The summed E-state index contributed by atoms with van der Waals surface area (Å²) in [4.78, 5) is 16.1. The van der Waals surface area contributed by atoms with Crippen molar-refractivity contribution in [3.8, 4) is 5.75 Å². The summed E-state index contributed by atoms with van der Waals surface area (Å²) < 4.78 is 11.3. The minimum Gasteiger partial charge on any atom is -0.496 e. The Hall–Kier alpha value is -2.71. The highest BCUT2D eigenvalue weighted by atomic mass is 32.1. The summed E-state index contributed by atoms with van der Waals surface area (Å²) in [5.74, 6) is 0.638. The second kappa shape index (κ2) is 6.72. The first-order valence-electron chi connectivity index (χ1n) is 8.91. The second-order valence-electron chi connectivity index (χ2n) is 7.00. The van der Waals surface area contributed by atoms with E-state index in [1.165, 1.54) is 11.3 Å². The quantitative estimate of drug-likeness (QED) is 0.727. The third-order valence-corrected chi connectivity index (χ3v) is 6.58. The van der Waals surface area contributed by atoms with Gasteiger partial charge in [-0.1, -0.05) is 18.2 Å². The lowest BCUT2D eigenvalue weighted by atomic mass is 9.85. The summed E-state index contributed by atoms with van der Waals surface area (Å²) in [6.07, 6.45) is 0. The van der Waals surface area contributed by atoms with Gasteiger partial charge in [-0.3, -0.25) is 4.79 Å². The van der Waals surface area contributed by atoms with Crippen molar-refractivity contribution in [3.05, 3.63) is 46.0 Å². The molecule has 0 aliphatic carbocycles. The number of fused-ring (bicyclic) bond motifs is 1. The van der Waals surface area contributed by atoms with Gasteiger partial charge < -0.3 is 20.1 Å². The maximum Gasteiger partial charge on any atom is 0.266 e. The van der Waals surface area contributed by atoms with Crippen LogP contribution in [0, 0.1) is 13.8 Å². The lowest BCUT2D eigenvalue weighted by Gasteiger charge is -2.49. The molecule has 2 aromatic heterocycles. The number of carbonyl (C=O) groups excluding carboxylic acids is 1. The molecule has 1 aromatic carbocycles. The Bertz CT molecular complexity index is 1070. The van der Waals surface area contributed by atoms with E-state index in [1.54, 1.807) is 19.1 Å². The van der Waals surface area contributed by atoms with Crippen molar-refractivity contribution in [1.82, 2.24) is 15.1 Å². The molecule has 1 fully saturated rings. The highest BCUT2D eigenvalue weighted by Gasteiger charge is 2.49. The number of benzene rings is 1. The van der Waals surface area contributed by atoms with Crippen LogP contribution in [0.3, 0.4) is 0 Å². The monoisotopic (exact) mass is 398 g/mol. The van der Waals surface area contributed by atoms with Gasteiger partial charge in [0.25, 0.3) is 5.91 Å². The fourth-order valence-corrected chi connectivity index (χ4v) is 4.76. The number of aromatic nitrogens is 2. The first-order valence-corrected chi connectivity index (χ1v) is 9.73. The van der Waals surface area contributed by atoms with E-state index in [-0.39, 0.29) is 5.91 Å². The van der Waals surface area contributed by atoms with Gasteiger partial charge >= 0.3 is 0 Å². The van der Waals surface area contributed by atoms with Gasteiger partial charge in [0.05, 0.1) is 31.6 Å². The summed E-state index contributed by atoms with van der Waals surface area (Å²) in [6, 6.07) is 7.72. The van der Waals surface area contributed by atoms with Gasteiger partial charge in [0.1, 0.15) is 21.1 Å². The van der Waals surface area contributed by atoms with Crippen molar-refractivity contribution in [2.24, 2.45) is 0 Å². The molecule has 8 heteroatoms. The highest BCUT2D eigenvalue weighted by Crippen LogP contribution is 2.42. The number of amides is 1. The molecule has 0 atom stereocenters. The molecule has 0 saturated carbocycles. The number of carbonyl (C=O) groups is 1. The number of aryl methyl sites for hydroxylation is 2. The van der Waals surface area contributed by atoms with Crippen molar-refractivity contribution in [2.75, 3.05) is 33.0 Å². The molecule has 2 N–H and O–H groups in total. The van der Waals surface area contributed by atoms with E-state index in [0.29, 0.717) is 28.5 Å². The van der Waals surface area contributed by atoms with Gasteiger partial charge in [0, 0.05) is 18.1 Å². The molecule has 3 aromatic rings. The number of nitrogens with zero attached hydrogens (tertiary/aromatic N) is 3. The van der Waals surface area contributed by atoms with Crippen LogP contribution in [-0.2, 0) is 10.3 Å². The topological polar surface area (TPSA) is 90.6 Å². The van der Waals surface area contributed by atoms with Crippen LogP contribution in [0.15, 0.2) is 24.3 Å². The standard InChI is InChI=1S/C20H22N4O3S/c1-11-12(2)22-23-18-15(11)16(21)17(28-18)19(25)24-9-20(10-24,27-4)13-7-5-6-8-14(13)26-3/h5-8H,9-10,21H2,1-4H3. The van der Waals surface area contributed by atoms with Crippen molar-refractivity contribution in [2.45, 2.75) is 19.4 Å². The Balaban J connectivity index is 1.64. The number of anilines is 1. The predicted octanol–water partition coefficient (Wildman–Crippen LogP) is 2.90. The van der Waals surface area contributed by atoms with E-state index in [1.807, 2.05) is 38.1 Å². The molecule has 1 amide bonds. The van der Waals surface area contributed by atoms with Crippen LogP contribution in [0.1, 0.15) is 26.5 Å². The average molecular weight is 398 g/mol. The zero-order valence-corrected chi connectivity index (χ0v) is 17.1. The minimum atomic E-state index is -0.583. The Kier molecular flexibility index (Phi) is 4.47. The molecule has 0 bridgehead atoms. The zero-order chi connectivity index (χ0) is 20.1. The highest BCUT2D eigenvalue weighted by molar-refractivity contribution is 7.21. The summed E-state index contributed by atoms with van der Waals surface area (Å²) in [5.41, 5.74) is 8.93. The molecule has 1 saturated heterocycles. The smallest absolute Gasteiger partial charge is 0.266 e. The van der Waals surface area contributed by atoms with E-state index in [4.69, 9.17) is 15.2 Å². The van der Waals surface area contributed by atoms with Crippen molar-refractivity contribution in [1.29, 1.82) is 0 Å². The van der Waals surface area contributed by atoms with E-state index in [2.05, 4.69) is 10.2 Å². The first-order chi connectivity index (χ1) is 13.4. The van der Waals surface area contributed by atoms with Gasteiger partial charge in [0.15, 0.2) is 0 Å². The third kappa shape index (κ3) is 2.63. The van der Waals surface area contributed by atoms with Gasteiger partial charge in [-0.25, -0.2) is 0 Å². The number of hydrogen-bond donors (Lipinski definition) is 1. The van der Waals surface area contributed by atoms with Gasteiger partial charge in [-0.2, -0.15) is 5.10 Å². The van der Waals surface area contributed by atoms with E-state index >= 15 is 0 Å². The molecule has 0 radical (unpaired) electrons. The van der Waals surface area contributed by atoms with Crippen LogP contribution in [0.4, 0.5) is 5.69 Å². The van der Waals surface area contributed by atoms with Crippen LogP contribution in [0.2, 0.25) is 0 Å². The number of thiophene rings is 1. The average Bonchev–Trinajstić information content (AvgIpc) is 3.01. The molecule has 1 aliphatic rings. The molecule has 146 valence electrons. The number of hydrogen-bond acceptors (Lipinski definition) is 7. The number of methoxy groups -OCH3 is 2. The predicted molar refractivity (Wildman–Crippen MR) is 109 cm³/mol.